The molecule has 1 fully saturated rings. The fraction of sp³-hybridized carbons (Fsp3) is 0.824. The number of hydrogen-bond donors (Lipinski definition) is 1. The summed E-state index contributed by atoms with van der Waals surface area (Å²) in [6.07, 6.45) is 2.47. The number of likely N-dealkylation sites (tertiary alicyclic amines) is 1. The van der Waals surface area contributed by atoms with Crippen molar-refractivity contribution in [3.63, 3.8) is 0 Å². The molecule has 0 atom stereocenters. The van der Waals surface area contributed by atoms with Gasteiger partial charge in [0.25, 0.3) is 0 Å². The summed E-state index contributed by atoms with van der Waals surface area (Å²) in [6.45, 7) is 16.9. The third-order valence-electron chi connectivity index (χ3n) is 4.37. The van der Waals surface area contributed by atoms with E-state index in [1.807, 2.05) is 0 Å². The van der Waals surface area contributed by atoms with Gasteiger partial charge in [-0.05, 0) is 46.5 Å². The minimum Gasteiger partial charge on any atom is -0.379 e. The molecule has 1 N–H and O–H groups in total. The first kappa shape index (κ1) is 16.3. The summed E-state index contributed by atoms with van der Waals surface area (Å²) in [5.41, 5.74) is 3.66. The Labute approximate surface area is 129 Å². The molecule has 0 bridgehead atoms. The van der Waals surface area contributed by atoms with Crippen LogP contribution >= 0.6 is 0 Å². The second kappa shape index (κ2) is 6.82. The predicted octanol–water partition coefficient (Wildman–Crippen LogP) is 3.61. The molecule has 120 valence electrons. The summed E-state index contributed by atoms with van der Waals surface area (Å²) < 4.78 is 2.13. The molecule has 0 spiro atoms. The fourth-order valence-electron chi connectivity index (χ4n) is 3.36. The number of aryl methyl sites for hydroxylation is 1. The average Bonchev–Trinajstić information content (AvgIpc) is 2.68. The fourth-order valence-corrected chi connectivity index (χ4v) is 3.36. The van der Waals surface area contributed by atoms with Crippen LogP contribution in [-0.2, 0) is 0 Å². The first-order valence-electron chi connectivity index (χ1n) is 8.43. The quantitative estimate of drug-likeness (QED) is 0.900. The molecule has 0 aromatic carbocycles. The Morgan fingerprint density at radius 3 is 2.24 bits per heavy atom. The van der Waals surface area contributed by atoms with Gasteiger partial charge in [-0.15, -0.1) is 0 Å². The van der Waals surface area contributed by atoms with Crippen molar-refractivity contribution in [2.45, 2.75) is 66.5 Å². The van der Waals surface area contributed by atoms with E-state index in [4.69, 9.17) is 0 Å². The van der Waals surface area contributed by atoms with Gasteiger partial charge in [0.05, 0.1) is 17.1 Å². The lowest BCUT2D eigenvalue weighted by atomic mass is 10.0. The van der Waals surface area contributed by atoms with Crippen LogP contribution < -0.4 is 5.32 Å². The SMILES string of the molecule is Cc1nn(C(C)C)c(C)c1NC1CCN(CC(C)C)CC1. The molecule has 0 saturated carbocycles. The summed E-state index contributed by atoms with van der Waals surface area (Å²) >= 11 is 0. The molecule has 0 radical (unpaired) electrons. The molecule has 1 aliphatic rings. The molecule has 1 aliphatic heterocycles. The van der Waals surface area contributed by atoms with Crippen LogP contribution in [-0.4, -0.2) is 40.4 Å². The maximum absolute atomic E-state index is 4.67. The van der Waals surface area contributed by atoms with E-state index >= 15 is 0 Å². The van der Waals surface area contributed by atoms with Crippen molar-refractivity contribution in [3.8, 4) is 0 Å². The van der Waals surface area contributed by atoms with Crippen molar-refractivity contribution in [2.75, 3.05) is 25.0 Å². The largest absolute Gasteiger partial charge is 0.379 e. The van der Waals surface area contributed by atoms with Crippen molar-refractivity contribution in [1.82, 2.24) is 14.7 Å². The Bertz CT molecular complexity index is 454. The van der Waals surface area contributed by atoms with Gasteiger partial charge >= 0.3 is 0 Å². The number of rotatable bonds is 5. The van der Waals surface area contributed by atoms with E-state index in [9.17, 15) is 0 Å². The zero-order valence-corrected chi connectivity index (χ0v) is 14.6. The monoisotopic (exact) mass is 292 g/mol. The minimum absolute atomic E-state index is 0.423. The molecule has 2 heterocycles. The van der Waals surface area contributed by atoms with Crippen LogP contribution in [0.3, 0.4) is 0 Å². The highest BCUT2D eigenvalue weighted by atomic mass is 15.3. The highest BCUT2D eigenvalue weighted by Crippen LogP contribution is 2.25. The second-order valence-corrected chi connectivity index (χ2v) is 7.20. The molecular weight excluding hydrogens is 260 g/mol. The van der Waals surface area contributed by atoms with E-state index < -0.39 is 0 Å². The molecule has 1 saturated heterocycles. The van der Waals surface area contributed by atoms with Crippen LogP contribution in [0.4, 0.5) is 5.69 Å². The second-order valence-electron chi connectivity index (χ2n) is 7.20. The Morgan fingerprint density at radius 2 is 1.76 bits per heavy atom. The van der Waals surface area contributed by atoms with Crippen molar-refractivity contribution in [3.05, 3.63) is 11.4 Å². The van der Waals surface area contributed by atoms with E-state index in [-0.39, 0.29) is 0 Å². The molecular formula is C17H32N4. The molecule has 2 rings (SSSR count). The average molecular weight is 292 g/mol. The molecule has 1 aromatic rings. The van der Waals surface area contributed by atoms with Crippen LogP contribution in [0.15, 0.2) is 0 Å². The minimum atomic E-state index is 0.423. The number of piperidine rings is 1. The lowest BCUT2D eigenvalue weighted by molar-refractivity contribution is 0.198. The summed E-state index contributed by atoms with van der Waals surface area (Å²) in [7, 11) is 0. The maximum Gasteiger partial charge on any atom is 0.0828 e. The predicted molar refractivity (Wildman–Crippen MR) is 90.0 cm³/mol. The lowest BCUT2D eigenvalue weighted by Crippen LogP contribution is -2.40. The van der Waals surface area contributed by atoms with Gasteiger partial charge in [-0.3, -0.25) is 4.68 Å². The number of aromatic nitrogens is 2. The van der Waals surface area contributed by atoms with Gasteiger partial charge in [0, 0.05) is 31.7 Å². The third kappa shape index (κ3) is 4.00. The summed E-state index contributed by atoms with van der Waals surface area (Å²) in [5.74, 6) is 0.767. The van der Waals surface area contributed by atoms with Crippen molar-refractivity contribution in [2.24, 2.45) is 5.92 Å². The highest BCUT2D eigenvalue weighted by molar-refractivity contribution is 5.53. The first-order valence-corrected chi connectivity index (χ1v) is 8.43. The summed E-state index contributed by atoms with van der Waals surface area (Å²) in [6, 6.07) is 1.02. The number of nitrogens with zero attached hydrogens (tertiary/aromatic N) is 3. The van der Waals surface area contributed by atoms with Gasteiger partial charge in [0.1, 0.15) is 0 Å². The van der Waals surface area contributed by atoms with Gasteiger partial charge in [-0.1, -0.05) is 13.8 Å². The van der Waals surface area contributed by atoms with Crippen molar-refractivity contribution >= 4 is 5.69 Å². The summed E-state index contributed by atoms with van der Waals surface area (Å²) in [4.78, 5) is 2.60. The Kier molecular flexibility index (Phi) is 5.31. The smallest absolute Gasteiger partial charge is 0.0828 e. The van der Waals surface area contributed by atoms with E-state index in [2.05, 4.69) is 61.5 Å². The van der Waals surface area contributed by atoms with Crippen LogP contribution in [0.25, 0.3) is 0 Å². The highest BCUT2D eigenvalue weighted by Gasteiger charge is 2.22. The first-order chi connectivity index (χ1) is 9.88. The summed E-state index contributed by atoms with van der Waals surface area (Å²) in [5, 5.41) is 8.43. The van der Waals surface area contributed by atoms with Gasteiger partial charge in [0.15, 0.2) is 0 Å². The number of hydrogen-bond acceptors (Lipinski definition) is 3. The van der Waals surface area contributed by atoms with Crippen LogP contribution in [0.1, 0.15) is 58.0 Å². The lowest BCUT2D eigenvalue weighted by Gasteiger charge is -2.33. The Hall–Kier alpha value is -1.03. The third-order valence-corrected chi connectivity index (χ3v) is 4.37. The normalized spacial score (nSPS) is 17.9. The van der Waals surface area contributed by atoms with E-state index in [0.717, 1.165) is 11.6 Å². The zero-order chi connectivity index (χ0) is 15.6. The van der Waals surface area contributed by atoms with E-state index in [0.29, 0.717) is 12.1 Å². The molecule has 0 aliphatic carbocycles. The van der Waals surface area contributed by atoms with Gasteiger partial charge in [-0.25, -0.2) is 0 Å². The molecule has 1 aromatic heterocycles. The molecule has 4 nitrogen and oxygen atoms in total. The van der Waals surface area contributed by atoms with Crippen molar-refractivity contribution < 1.29 is 0 Å². The van der Waals surface area contributed by atoms with Gasteiger partial charge in [0.2, 0.25) is 0 Å². The van der Waals surface area contributed by atoms with E-state index in [1.165, 1.54) is 43.9 Å². The van der Waals surface area contributed by atoms with E-state index in [1.54, 1.807) is 0 Å². The maximum atomic E-state index is 4.67. The molecule has 0 unspecified atom stereocenters. The van der Waals surface area contributed by atoms with Crippen molar-refractivity contribution in [1.29, 1.82) is 0 Å². The van der Waals surface area contributed by atoms with Crippen LogP contribution in [0, 0.1) is 19.8 Å². The Balaban J connectivity index is 1.95. The Morgan fingerprint density at radius 1 is 1.14 bits per heavy atom. The topological polar surface area (TPSA) is 33.1 Å². The van der Waals surface area contributed by atoms with Gasteiger partial charge in [-0.2, -0.15) is 5.10 Å². The van der Waals surface area contributed by atoms with Gasteiger partial charge < -0.3 is 10.2 Å². The number of anilines is 1. The molecule has 4 heteroatoms. The van der Waals surface area contributed by atoms with Crippen LogP contribution in [0.5, 0.6) is 0 Å². The number of nitrogens with one attached hydrogen (secondary N) is 1. The molecule has 21 heavy (non-hydrogen) atoms. The zero-order valence-electron chi connectivity index (χ0n) is 14.6. The van der Waals surface area contributed by atoms with Crippen LogP contribution in [0.2, 0.25) is 0 Å². The standard InChI is InChI=1S/C17H32N4/c1-12(2)11-20-9-7-16(8-10-20)18-17-14(5)19-21(13(3)4)15(17)6/h12-13,16,18H,7-11H2,1-6H3. The molecule has 0 amide bonds.